The van der Waals surface area contributed by atoms with Gasteiger partial charge in [-0.2, -0.15) is 0 Å². The van der Waals surface area contributed by atoms with Gasteiger partial charge in [-0.1, -0.05) is 18.5 Å². The molecule has 6 nitrogen and oxygen atoms in total. The second kappa shape index (κ2) is 13.6. The summed E-state index contributed by atoms with van der Waals surface area (Å²) in [7, 11) is 0. The summed E-state index contributed by atoms with van der Waals surface area (Å²) in [6, 6.07) is 4.14. The number of rotatable bonds is 8. The first-order valence-corrected chi connectivity index (χ1v) is 11.7. The predicted octanol–water partition coefficient (Wildman–Crippen LogP) is 4.00. The van der Waals surface area contributed by atoms with Gasteiger partial charge in [0.1, 0.15) is 5.82 Å². The van der Waals surface area contributed by atoms with Crippen LogP contribution >= 0.6 is 35.6 Å². The largest absolute Gasteiger partial charge is 0.357 e. The van der Waals surface area contributed by atoms with Crippen molar-refractivity contribution in [1.82, 2.24) is 20.5 Å². The van der Waals surface area contributed by atoms with E-state index >= 15 is 0 Å². The summed E-state index contributed by atoms with van der Waals surface area (Å²) in [5, 5.41) is 7.71. The average Bonchev–Trinajstić information content (AvgIpc) is 3.18. The number of halogens is 2. The van der Waals surface area contributed by atoms with E-state index in [1.807, 2.05) is 12.1 Å². The van der Waals surface area contributed by atoms with Crippen molar-refractivity contribution in [3.05, 3.63) is 23.4 Å². The van der Waals surface area contributed by atoms with Crippen LogP contribution in [0.25, 0.3) is 0 Å². The molecule has 0 bridgehead atoms. The number of anilines is 1. The van der Waals surface area contributed by atoms with E-state index in [1.165, 1.54) is 38.9 Å². The number of pyridine rings is 1. The second-order valence-corrected chi connectivity index (χ2v) is 8.78. The van der Waals surface area contributed by atoms with Crippen LogP contribution in [-0.4, -0.2) is 67.7 Å². The van der Waals surface area contributed by atoms with E-state index in [0.29, 0.717) is 6.04 Å². The molecule has 0 radical (unpaired) electrons. The Hall–Kier alpha value is -0.800. The van der Waals surface area contributed by atoms with Crippen LogP contribution in [0.5, 0.6) is 0 Å². The third-order valence-electron chi connectivity index (χ3n) is 5.94. The Labute approximate surface area is 204 Å². The predicted molar refractivity (Wildman–Crippen MR) is 138 cm³/mol. The molecular formula is C22H38ClIN6. The normalized spacial score (nSPS) is 20.8. The third kappa shape index (κ3) is 8.04. The number of likely N-dealkylation sites (tertiary alicyclic amines) is 1. The summed E-state index contributed by atoms with van der Waals surface area (Å²) in [6.07, 6.45) is 7.95. The van der Waals surface area contributed by atoms with Crippen molar-refractivity contribution in [2.24, 2.45) is 10.9 Å². The molecule has 0 spiro atoms. The van der Waals surface area contributed by atoms with Crippen LogP contribution in [0, 0.1) is 5.92 Å². The van der Waals surface area contributed by atoms with E-state index in [1.54, 1.807) is 6.20 Å². The summed E-state index contributed by atoms with van der Waals surface area (Å²) >= 11 is 6.30. The van der Waals surface area contributed by atoms with Crippen molar-refractivity contribution in [2.45, 2.75) is 52.0 Å². The minimum atomic E-state index is 0. The Morgan fingerprint density at radius 2 is 2.03 bits per heavy atom. The number of hydrogen-bond acceptors (Lipinski definition) is 4. The zero-order valence-electron chi connectivity index (χ0n) is 18.4. The van der Waals surface area contributed by atoms with Crippen molar-refractivity contribution in [2.75, 3.05) is 50.7 Å². The molecule has 1 unspecified atom stereocenters. The van der Waals surface area contributed by atoms with Gasteiger partial charge in [0.2, 0.25) is 0 Å². The zero-order chi connectivity index (χ0) is 20.5. The van der Waals surface area contributed by atoms with E-state index in [2.05, 4.69) is 39.3 Å². The summed E-state index contributed by atoms with van der Waals surface area (Å²) < 4.78 is 0. The first kappa shape index (κ1) is 25.5. The fourth-order valence-corrected chi connectivity index (χ4v) is 4.36. The smallest absolute Gasteiger partial charge is 0.191 e. The molecule has 2 aliphatic rings. The maximum Gasteiger partial charge on any atom is 0.191 e. The van der Waals surface area contributed by atoms with Crippen molar-refractivity contribution in [3.63, 3.8) is 0 Å². The summed E-state index contributed by atoms with van der Waals surface area (Å²) in [6.45, 7) is 11.9. The molecule has 2 N–H and O–H groups in total. The zero-order valence-corrected chi connectivity index (χ0v) is 21.5. The molecule has 3 heterocycles. The van der Waals surface area contributed by atoms with Gasteiger partial charge < -0.3 is 20.4 Å². The quantitative estimate of drug-likeness (QED) is 0.223. The van der Waals surface area contributed by atoms with Crippen LogP contribution in [0.4, 0.5) is 5.82 Å². The molecule has 2 aliphatic heterocycles. The topological polar surface area (TPSA) is 55.8 Å². The molecule has 8 heteroatoms. The molecule has 2 saturated heterocycles. The first-order valence-electron chi connectivity index (χ1n) is 11.3. The third-order valence-corrected chi connectivity index (χ3v) is 6.24. The molecule has 170 valence electrons. The molecule has 2 fully saturated rings. The molecule has 3 rings (SSSR count). The number of piperidine rings is 1. The van der Waals surface area contributed by atoms with Gasteiger partial charge in [-0.3, -0.25) is 4.99 Å². The minimum Gasteiger partial charge on any atom is -0.357 e. The van der Waals surface area contributed by atoms with Gasteiger partial charge in [0.05, 0.1) is 5.02 Å². The monoisotopic (exact) mass is 548 g/mol. The number of nitrogens with one attached hydrogen (secondary N) is 2. The maximum atomic E-state index is 6.30. The SMILES string of the molecule is CCNC(=NCCCCN1CCC(C)CC1)NC1CCN(c2ncccc2Cl)C1.I. The lowest BCUT2D eigenvalue weighted by atomic mass is 9.99. The number of nitrogens with zero attached hydrogens (tertiary/aromatic N) is 4. The average molecular weight is 549 g/mol. The van der Waals surface area contributed by atoms with Gasteiger partial charge in [0, 0.05) is 38.4 Å². The summed E-state index contributed by atoms with van der Waals surface area (Å²) in [5.41, 5.74) is 0. The summed E-state index contributed by atoms with van der Waals surface area (Å²) in [4.78, 5) is 14.1. The molecule has 1 atom stereocenters. The van der Waals surface area contributed by atoms with Gasteiger partial charge >= 0.3 is 0 Å². The molecule has 1 aromatic rings. The van der Waals surface area contributed by atoms with Crippen molar-refractivity contribution >= 4 is 47.4 Å². The molecule has 0 saturated carbocycles. The Kier molecular flexibility index (Phi) is 11.5. The Balaban J connectivity index is 0.00000320. The Morgan fingerprint density at radius 1 is 1.23 bits per heavy atom. The van der Waals surface area contributed by atoms with E-state index in [4.69, 9.17) is 16.6 Å². The van der Waals surface area contributed by atoms with Gasteiger partial charge in [-0.05, 0) is 76.7 Å². The van der Waals surface area contributed by atoms with E-state index < -0.39 is 0 Å². The fourth-order valence-electron chi connectivity index (χ4n) is 4.12. The van der Waals surface area contributed by atoms with Crippen molar-refractivity contribution < 1.29 is 0 Å². The van der Waals surface area contributed by atoms with Crippen LogP contribution in [0.3, 0.4) is 0 Å². The number of aliphatic imine (C=N–C) groups is 1. The minimum absolute atomic E-state index is 0. The highest BCUT2D eigenvalue weighted by Crippen LogP contribution is 2.25. The lowest BCUT2D eigenvalue weighted by molar-refractivity contribution is 0.190. The van der Waals surface area contributed by atoms with Gasteiger partial charge in [0.25, 0.3) is 0 Å². The molecule has 0 aliphatic carbocycles. The van der Waals surface area contributed by atoms with Crippen molar-refractivity contribution in [1.29, 1.82) is 0 Å². The first-order chi connectivity index (χ1) is 14.2. The Morgan fingerprint density at radius 3 is 2.77 bits per heavy atom. The fraction of sp³-hybridized carbons (Fsp3) is 0.727. The molecule has 1 aromatic heterocycles. The Bertz CT molecular complexity index is 650. The van der Waals surface area contributed by atoms with Crippen LogP contribution in [0.1, 0.15) is 46.0 Å². The van der Waals surface area contributed by atoms with E-state index in [9.17, 15) is 0 Å². The molecule has 0 aromatic carbocycles. The number of aromatic nitrogens is 1. The van der Waals surface area contributed by atoms with Gasteiger partial charge in [0.15, 0.2) is 5.96 Å². The van der Waals surface area contributed by atoms with Crippen LogP contribution in [0.2, 0.25) is 5.02 Å². The van der Waals surface area contributed by atoms with Crippen LogP contribution < -0.4 is 15.5 Å². The molecule has 0 amide bonds. The molecule has 30 heavy (non-hydrogen) atoms. The van der Waals surface area contributed by atoms with Gasteiger partial charge in [-0.15, -0.1) is 24.0 Å². The number of unbranched alkanes of at least 4 members (excludes halogenated alkanes) is 1. The number of guanidine groups is 1. The lowest BCUT2D eigenvalue weighted by Gasteiger charge is -2.30. The highest BCUT2D eigenvalue weighted by Gasteiger charge is 2.25. The maximum absolute atomic E-state index is 6.30. The van der Waals surface area contributed by atoms with E-state index in [0.717, 1.165) is 61.7 Å². The second-order valence-electron chi connectivity index (χ2n) is 8.38. The standard InChI is InChI=1S/C22H37ClN6.HI/c1-3-24-22(26-11-4-5-13-28-14-8-18(2)9-15-28)27-19-10-16-29(17-19)21-20(23)7-6-12-25-21;/h6-7,12,18-19H,3-5,8-11,13-17H2,1-2H3,(H2,24,26,27);1H. The highest BCUT2D eigenvalue weighted by molar-refractivity contribution is 14.0. The lowest BCUT2D eigenvalue weighted by Crippen LogP contribution is -2.44. The summed E-state index contributed by atoms with van der Waals surface area (Å²) in [5.74, 6) is 2.72. The van der Waals surface area contributed by atoms with Crippen LogP contribution in [0.15, 0.2) is 23.3 Å². The van der Waals surface area contributed by atoms with E-state index in [-0.39, 0.29) is 24.0 Å². The number of hydrogen-bond donors (Lipinski definition) is 2. The molecular weight excluding hydrogens is 511 g/mol. The highest BCUT2D eigenvalue weighted by atomic mass is 127. The van der Waals surface area contributed by atoms with Crippen molar-refractivity contribution in [3.8, 4) is 0 Å². The van der Waals surface area contributed by atoms with Gasteiger partial charge in [-0.25, -0.2) is 4.98 Å². The van der Waals surface area contributed by atoms with Crippen LogP contribution in [-0.2, 0) is 0 Å².